The molecular weight excluding hydrogens is 532 g/mol. The van der Waals surface area contributed by atoms with E-state index in [9.17, 15) is 27.2 Å². The molecule has 1 N–H and O–H groups in total. The topological polar surface area (TPSA) is 69.3 Å². The molecule has 2 aliphatic heterocycles. The van der Waals surface area contributed by atoms with E-state index in [1.165, 1.54) is 46.6 Å². The Morgan fingerprint density at radius 3 is 2.54 bits per heavy atom. The fourth-order valence-electron chi connectivity index (χ4n) is 5.51. The summed E-state index contributed by atoms with van der Waals surface area (Å²) in [7, 11) is 0. The van der Waals surface area contributed by atoms with Gasteiger partial charge in [-0.3, -0.25) is 9.59 Å². The highest BCUT2D eigenvalue weighted by molar-refractivity contribution is 7.09. The monoisotopic (exact) mass is 556 g/mol. The number of aromatic amines is 1. The molecule has 1 fully saturated rings. The van der Waals surface area contributed by atoms with Gasteiger partial charge in [-0.2, -0.15) is 13.2 Å². The number of amides is 2. The average molecular weight is 557 g/mol. The molecule has 202 valence electrons. The number of aromatic nitrogens is 2. The molecule has 11 heteroatoms. The molecule has 0 atom stereocenters. The number of piperidine rings is 1. The van der Waals surface area contributed by atoms with Crippen molar-refractivity contribution in [3.05, 3.63) is 86.7 Å². The van der Waals surface area contributed by atoms with Gasteiger partial charge in [-0.1, -0.05) is 12.1 Å². The number of fused-ring (bicyclic) bond motifs is 3. The van der Waals surface area contributed by atoms with Gasteiger partial charge < -0.3 is 14.8 Å². The van der Waals surface area contributed by atoms with Gasteiger partial charge in [0.2, 0.25) is 0 Å². The molecule has 2 aromatic heterocycles. The molecule has 4 aromatic rings. The second-order valence-corrected chi connectivity index (χ2v) is 10.8. The van der Waals surface area contributed by atoms with Crippen LogP contribution in [-0.4, -0.2) is 51.2 Å². The number of nitrogens with zero attached hydrogens (tertiary/aromatic N) is 3. The molecule has 0 spiro atoms. The molecule has 0 radical (unpaired) electrons. The standard InChI is InChI=1S/C28H24F4N4O2S/c29-17-5-6-22-19(13-17)20-14-36(12-9-23(20)33-22)27(38)24-15-39-25(34-24)16-7-10-35(11-8-16)26(37)18-3-1-2-4-21(18)28(30,31)32/h1-6,13,15-16,33H,7-12,14H2. The summed E-state index contributed by atoms with van der Waals surface area (Å²) in [5.41, 5.74) is 1.86. The highest BCUT2D eigenvalue weighted by Crippen LogP contribution is 2.35. The van der Waals surface area contributed by atoms with Gasteiger partial charge in [0.25, 0.3) is 11.8 Å². The van der Waals surface area contributed by atoms with E-state index in [4.69, 9.17) is 0 Å². The zero-order valence-corrected chi connectivity index (χ0v) is 21.5. The molecule has 0 aliphatic carbocycles. The average Bonchev–Trinajstić information content (AvgIpc) is 3.57. The summed E-state index contributed by atoms with van der Waals surface area (Å²) in [5, 5.41) is 3.30. The minimum atomic E-state index is -4.60. The lowest BCUT2D eigenvalue weighted by Crippen LogP contribution is -2.38. The van der Waals surface area contributed by atoms with Crippen LogP contribution in [0.2, 0.25) is 0 Å². The van der Waals surface area contributed by atoms with Crippen LogP contribution in [0.3, 0.4) is 0 Å². The Hall–Kier alpha value is -3.73. The molecule has 2 aromatic carbocycles. The Balaban J connectivity index is 1.11. The highest BCUT2D eigenvalue weighted by atomic mass is 32.1. The van der Waals surface area contributed by atoms with Crippen LogP contribution in [0.5, 0.6) is 0 Å². The minimum absolute atomic E-state index is 0.0167. The number of benzene rings is 2. The normalized spacial score (nSPS) is 16.5. The van der Waals surface area contributed by atoms with E-state index in [1.807, 2.05) is 0 Å². The molecule has 39 heavy (non-hydrogen) atoms. The Morgan fingerprint density at radius 1 is 1.00 bits per heavy atom. The van der Waals surface area contributed by atoms with Gasteiger partial charge in [0.1, 0.15) is 11.5 Å². The van der Waals surface area contributed by atoms with Gasteiger partial charge in [0.05, 0.1) is 16.1 Å². The molecule has 2 amide bonds. The summed E-state index contributed by atoms with van der Waals surface area (Å²) in [5.74, 6) is -1.12. The Bertz CT molecular complexity index is 1570. The second-order valence-electron chi connectivity index (χ2n) is 9.93. The van der Waals surface area contributed by atoms with Gasteiger partial charge >= 0.3 is 6.18 Å². The Kier molecular flexibility index (Phi) is 6.41. The highest BCUT2D eigenvalue weighted by Gasteiger charge is 2.37. The van der Waals surface area contributed by atoms with Crippen LogP contribution >= 0.6 is 11.3 Å². The summed E-state index contributed by atoms with van der Waals surface area (Å²) >= 11 is 1.39. The number of H-pyrrole nitrogens is 1. The van der Waals surface area contributed by atoms with E-state index in [-0.39, 0.29) is 23.2 Å². The van der Waals surface area contributed by atoms with Gasteiger partial charge in [-0.05, 0) is 43.2 Å². The van der Waals surface area contributed by atoms with Gasteiger partial charge in [0, 0.05) is 66.1 Å². The van der Waals surface area contributed by atoms with E-state index < -0.39 is 17.6 Å². The summed E-state index contributed by atoms with van der Waals surface area (Å²) in [6.07, 6.45) is -2.86. The van der Waals surface area contributed by atoms with Gasteiger partial charge in [0.15, 0.2) is 0 Å². The number of carbonyl (C=O) groups is 2. The first-order valence-electron chi connectivity index (χ1n) is 12.7. The minimum Gasteiger partial charge on any atom is -0.358 e. The maximum absolute atomic E-state index is 13.8. The maximum atomic E-state index is 13.8. The predicted octanol–water partition coefficient (Wildman–Crippen LogP) is 6.00. The van der Waals surface area contributed by atoms with E-state index in [0.717, 1.165) is 33.2 Å². The third-order valence-electron chi connectivity index (χ3n) is 7.56. The van der Waals surface area contributed by atoms with Crippen LogP contribution in [0.4, 0.5) is 17.6 Å². The molecule has 6 nitrogen and oxygen atoms in total. The molecule has 0 bridgehead atoms. The number of nitrogens with one attached hydrogen (secondary N) is 1. The molecule has 0 unspecified atom stereocenters. The largest absolute Gasteiger partial charge is 0.417 e. The van der Waals surface area contributed by atoms with Crippen molar-refractivity contribution < 1.29 is 27.2 Å². The van der Waals surface area contributed by atoms with Crippen molar-refractivity contribution in [3.63, 3.8) is 0 Å². The smallest absolute Gasteiger partial charge is 0.358 e. The predicted molar refractivity (Wildman–Crippen MR) is 138 cm³/mol. The van der Waals surface area contributed by atoms with Crippen LogP contribution in [0.1, 0.15) is 61.4 Å². The fraction of sp³-hybridized carbons (Fsp3) is 0.321. The second kappa shape index (κ2) is 9.78. The molecule has 0 saturated carbocycles. The lowest BCUT2D eigenvalue weighted by Gasteiger charge is -2.31. The molecule has 4 heterocycles. The Morgan fingerprint density at radius 2 is 1.77 bits per heavy atom. The molecule has 2 aliphatic rings. The van der Waals surface area contributed by atoms with Crippen LogP contribution in [0, 0.1) is 5.82 Å². The number of hydrogen-bond acceptors (Lipinski definition) is 4. The van der Waals surface area contributed by atoms with Crippen molar-refractivity contribution in [1.82, 2.24) is 19.8 Å². The van der Waals surface area contributed by atoms with E-state index in [0.29, 0.717) is 51.1 Å². The van der Waals surface area contributed by atoms with E-state index in [2.05, 4.69) is 9.97 Å². The van der Waals surface area contributed by atoms with Crippen molar-refractivity contribution in [2.24, 2.45) is 0 Å². The Labute approximate surface area is 225 Å². The number of carbonyl (C=O) groups excluding carboxylic acids is 2. The summed E-state index contributed by atoms with van der Waals surface area (Å²) in [6.45, 7) is 1.51. The number of likely N-dealkylation sites (tertiary alicyclic amines) is 1. The summed E-state index contributed by atoms with van der Waals surface area (Å²) in [6, 6.07) is 9.44. The zero-order chi connectivity index (χ0) is 27.3. The van der Waals surface area contributed by atoms with E-state index in [1.54, 1.807) is 16.3 Å². The number of alkyl halides is 3. The first-order valence-corrected chi connectivity index (χ1v) is 13.6. The third-order valence-corrected chi connectivity index (χ3v) is 8.57. The van der Waals surface area contributed by atoms with Crippen molar-refractivity contribution in [1.29, 1.82) is 0 Å². The lowest BCUT2D eigenvalue weighted by atomic mass is 9.96. The van der Waals surface area contributed by atoms with Crippen molar-refractivity contribution in [2.75, 3.05) is 19.6 Å². The molecule has 6 rings (SSSR count). The van der Waals surface area contributed by atoms with Crippen LogP contribution < -0.4 is 0 Å². The molecule has 1 saturated heterocycles. The number of rotatable bonds is 3. The lowest BCUT2D eigenvalue weighted by molar-refractivity contribution is -0.138. The van der Waals surface area contributed by atoms with Crippen LogP contribution in [-0.2, 0) is 19.1 Å². The first kappa shape index (κ1) is 25.5. The first-order chi connectivity index (χ1) is 18.7. The van der Waals surface area contributed by atoms with E-state index >= 15 is 0 Å². The van der Waals surface area contributed by atoms with Crippen molar-refractivity contribution in [2.45, 2.75) is 37.9 Å². The quantitative estimate of drug-likeness (QED) is 0.315. The third kappa shape index (κ3) is 4.80. The number of thiazole rings is 1. The molecular formula is C28H24F4N4O2S. The summed E-state index contributed by atoms with van der Waals surface area (Å²) < 4.78 is 54.0. The fourth-order valence-corrected chi connectivity index (χ4v) is 6.48. The zero-order valence-electron chi connectivity index (χ0n) is 20.7. The van der Waals surface area contributed by atoms with Crippen LogP contribution in [0.15, 0.2) is 47.8 Å². The van der Waals surface area contributed by atoms with Gasteiger partial charge in [-0.15, -0.1) is 11.3 Å². The SMILES string of the molecule is O=C(c1csc(C2CCN(C(=O)c3ccccc3C(F)(F)F)CC2)n1)N1CCc2[nH]c3ccc(F)cc3c2C1. The van der Waals surface area contributed by atoms with Crippen molar-refractivity contribution in [3.8, 4) is 0 Å². The number of hydrogen-bond donors (Lipinski definition) is 1. The van der Waals surface area contributed by atoms with Crippen LogP contribution in [0.25, 0.3) is 10.9 Å². The maximum Gasteiger partial charge on any atom is 0.417 e. The number of halogens is 4. The summed E-state index contributed by atoms with van der Waals surface area (Å²) in [4.78, 5) is 37.3. The van der Waals surface area contributed by atoms with Gasteiger partial charge in [-0.25, -0.2) is 9.37 Å². The van der Waals surface area contributed by atoms with Crippen molar-refractivity contribution >= 4 is 34.1 Å².